The zero-order chi connectivity index (χ0) is 28.4. The van der Waals surface area contributed by atoms with E-state index in [0.717, 1.165) is 53.1 Å². The van der Waals surface area contributed by atoms with E-state index < -0.39 is 39.3 Å². The third kappa shape index (κ3) is 5.72. The van der Waals surface area contributed by atoms with Crippen molar-refractivity contribution in [2.75, 3.05) is 14.9 Å². The summed E-state index contributed by atoms with van der Waals surface area (Å²) in [6, 6.07) is 20.4. The minimum atomic E-state index is -3.97. The van der Waals surface area contributed by atoms with Crippen LogP contribution in [0, 0.1) is 17.5 Å². The van der Waals surface area contributed by atoms with Crippen LogP contribution in [0.5, 0.6) is 0 Å². The Morgan fingerprint density at radius 1 is 0.625 bits per heavy atom. The van der Waals surface area contributed by atoms with Gasteiger partial charge >= 0.3 is 0 Å². The molecule has 202 valence electrons. The first-order chi connectivity index (χ1) is 19.1. The number of halogens is 3. The lowest BCUT2D eigenvalue weighted by atomic mass is 10.2. The van der Waals surface area contributed by atoms with Crippen LogP contribution in [-0.4, -0.2) is 20.2 Å². The molecule has 0 bridgehead atoms. The van der Waals surface area contributed by atoms with Crippen LogP contribution < -0.4 is 14.9 Å². The Balaban J connectivity index is 1.42. The van der Waals surface area contributed by atoms with Crippen molar-refractivity contribution in [2.45, 2.75) is 9.79 Å². The summed E-state index contributed by atoms with van der Waals surface area (Å²) in [5.41, 5.74) is 0.680. The summed E-state index contributed by atoms with van der Waals surface area (Å²) in [4.78, 5) is 28.1. The van der Waals surface area contributed by atoms with Gasteiger partial charge < -0.3 is 5.32 Å². The Morgan fingerprint density at radius 3 is 1.70 bits per heavy atom. The molecular formula is C28H18F3N3O4S2. The fourth-order valence-electron chi connectivity index (χ4n) is 3.75. The number of thioether (sulfide) groups is 1. The number of carbonyl (C=O) groups excluding carboxylic acids is 2. The Hall–Kier alpha value is -4.55. The molecular weight excluding hydrogens is 563 g/mol. The fourth-order valence-corrected chi connectivity index (χ4v) is 5.74. The van der Waals surface area contributed by atoms with Crippen LogP contribution in [0.4, 0.5) is 30.2 Å². The molecule has 2 N–H and O–H groups in total. The van der Waals surface area contributed by atoms with Crippen LogP contribution in [-0.2, 0) is 19.6 Å². The highest BCUT2D eigenvalue weighted by Gasteiger charge is 2.40. The van der Waals surface area contributed by atoms with Crippen molar-refractivity contribution in [2.24, 2.45) is 0 Å². The van der Waals surface area contributed by atoms with Gasteiger partial charge in [-0.15, -0.1) is 0 Å². The molecule has 5 rings (SSSR count). The summed E-state index contributed by atoms with van der Waals surface area (Å²) in [6.45, 7) is 0. The summed E-state index contributed by atoms with van der Waals surface area (Å²) in [5.74, 6) is -2.93. The largest absolute Gasteiger partial charge is 0.350 e. The molecule has 0 radical (unpaired) electrons. The van der Waals surface area contributed by atoms with Gasteiger partial charge in [0.2, 0.25) is 0 Å². The Morgan fingerprint density at radius 2 is 1.12 bits per heavy atom. The van der Waals surface area contributed by atoms with E-state index in [1.54, 1.807) is 12.1 Å². The highest BCUT2D eigenvalue weighted by molar-refractivity contribution is 8.04. The van der Waals surface area contributed by atoms with E-state index >= 15 is 0 Å². The molecule has 0 aliphatic carbocycles. The van der Waals surface area contributed by atoms with E-state index in [-0.39, 0.29) is 26.9 Å². The topological polar surface area (TPSA) is 95.6 Å². The summed E-state index contributed by atoms with van der Waals surface area (Å²) in [7, 11) is -3.97. The molecule has 2 amide bonds. The molecule has 4 aromatic carbocycles. The van der Waals surface area contributed by atoms with E-state index in [9.17, 15) is 31.2 Å². The first-order valence-electron chi connectivity index (χ1n) is 11.6. The summed E-state index contributed by atoms with van der Waals surface area (Å²) in [5, 5.41) is 2.88. The van der Waals surface area contributed by atoms with Crippen molar-refractivity contribution < 1.29 is 31.2 Å². The maximum absolute atomic E-state index is 13.5. The van der Waals surface area contributed by atoms with Crippen molar-refractivity contribution in [3.05, 3.63) is 125 Å². The highest BCUT2D eigenvalue weighted by atomic mass is 32.2. The molecule has 1 heterocycles. The third-order valence-corrected chi connectivity index (χ3v) is 8.18. The lowest BCUT2D eigenvalue weighted by molar-refractivity contribution is -0.120. The number of nitrogens with zero attached hydrogens (tertiary/aromatic N) is 1. The molecule has 7 nitrogen and oxygen atoms in total. The summed E-state index contributed by atoms with van der Waals surface area (Å²) in [6.07, 6.45) is 0. The van der Waals surface area contributed by atoms with Gasteiger partial charge in [0.05, 0.1) is 10.6 Å². The van der Waals surface area contributed by atoms with E-state index in [1.165, 1.54) is 48.5 Å². The number of sulfonamides is 1. The fraction of sp³-hybridized carbons (Fsp3) is 0. The predicted octanol–water partition coefficient (Wildman–Crippen LogP) is 5.89. The average Bonchev–Trinajstić information content (AvgIpc) is 3.15. The quantitative estimate of drug-likeness (QED) is 0.252. The Bertz CT molecular complexity index is 1730. The molecule has 0 spiro atoms. The summed E-state index contributed by atoms with van der Waals surface area (Å²) < 4.78 is 67.6. The molecule has 0 atom stereocenters. The number of anilines is 3. The first-order valence-corrected chi connectivity index (χ1v) is 13.9. The van der Waals surface area contributed by atoms with Crippen LogP contribution in [0.2, 0.25) is 0 Å². The highest BCUT2D eigenvalue weighted by Crippen LogP contribution is 2.38. The molecule has 0 saturated carbocycles. The molecule has 4 aromatic rings. The van der Waals surface area contributed by atoms with Gasteiger partial charge in [-0.2, -0.15) is 0 Å². The van der Waals surface area contributed by atoms with Gasteiger partial charge in [-0.05, 0) is 97.1 Å². The van der Waals surface area contributed by atoms with Crippen molar-refractivity contribution in [1.82, 2.24) is 0 Å². The van der Waals surface area contributed by atoms with E-state index in [1.807, 2.05) is 0 Å². The van der Waals surface area contributed by atoms with Crippen LogP contribution in [0.25, 0.3) is 0 Å². The lowest BCUT2D eigenvalue weighted by Crippen LogP contribution is -2.32. The SMILES string of the molecule is O=C1C(Nc2ccc(F)cc2)=C(Sc2ccc(NS(=O)(=O)c3ccc(F)cc3)cc2)C(=O)N1c1ccc(F)cc1. The monoisotopic (exact) mass is 581 g/mol. The number of benzene rings is 4. The second-order valence-electron chi connectivity index (χ2n) is 8.44. The maximum Gasteiger partial charge on any atom is 0.283 e. The smallest absolute Gasteiger partial charge is 0.283 e. The third-order valence-electron chi connectivity index (χ3n) is 5.69. The molecule has 0 aromatic heterocycles. The van der Waals surface area contributed by atoms with Gasteiger partial charge in [-0.3, -0.25) is 14.3 Å². The minimum Gasteiger partial charge on any atom is -0.350 e. The van der Waals surface area contributed by atoms with Crippen LogP contribution in [0.1, 0.15) is 0 Å². The van der Waals surface area contributed by atoms with Gasteiger partial charge in [-0.25, -0.2) is 26.5 Å². The zero-order valence-electron chi connectivity index (χ0n) is 20.3. The van der Waals surface area contributed by atoms with Crippen LogP contribution in [0.15, 0.2) is 117 Å². The van der Waals surface area contributed by atoms with E-state index in [4.69, 9.17) is 0 Å². The number of carbonyl (C=O) groups is 2. The standard InChI is InChI=1S/C28H18F3N3O4S2/c29-17-1-7-20(8-2-17)32-25-26(28(36)34(27(25)35)22-11-3-18(30)4-12-22)39-23-13-9-21(10-14-23)33-40(37,38)24-15-5-19(31)6-16-24/h1-16,32-33H. The number of hydrogen-bond donors (Lipinski definition) is 2. The second-order valence-corrected chi connectivity index (χ2v) is 11.2. The molecule has 1 aliphatic rings. The van der Waals surface area contributed by atoms with Crippen LogP contribution >= 0.6 is 11.8 Å². The normalized spacial score (nSPS) is 13.6. The predicted molar refractivity (Wildman–Crippen MR) is 145 cm³/mol. The molecule has 0 fully saturated rings. The van der Waals surface area contributed by atoms with E-state index in [0.29, 0.717) is 10.6 Å². The van der Waals surface area contributed by atoms with Crippen molar-refractivity contribution in [3.63, 3.8) is 0 Å². The second kappa shape index (κ2) is 10.9. The van der Waals surface area contributed by atoms with Gasteiger partial charge in [0.25, 0.3) is 21.8 Å². The van der Waals surface area contributed by atoms with Gasteiger partial charge in [0, 0.05) is 16.3 Å². The van der Waals surface area contributed by atoms with E-state index in [2.05, 4.69) is 10.0 Å². The average molecular weight is 582 g/mol. The number of imide groups is 1. The Labute approximate surface area is 231 Å². The van der Waals surface area contributed by atoms with Crippen molar-refractivity contribution >= 4 is 50.7 Å². The molecule has 12 heteroatoms. The molecule has 40 heavy (non-hydrogen) atoms. The van der Waals surface area contributed by atoms with Crippen molar-refractivity contribution in [1.29, 1.82) is 0 Å². The number of nitrogens with one attached hydrogen (secondary N) is 2. The molecule has 1 aliphatic heterocycles. The number of rotatable bonds is 8. The molecule has 0 saturated heterocycles. The molecule has 0 unspecified atom stereocenters. The number of hydrogen-bond acceptors (Lipinski definition) is 6. The lowest BCUT2D eigenvalue weighted by Gasteiger charge is -2.15. The Kier molecular flexibility index (Phi) is 7.37. The first kappa shape index (κ1) is 27.0. The maximum atomic E-state index is 13.5. The van der Waals surface area contributed by atoms with Gasteiger partial charge in [-0.1, -0.05) is 11.8 Å². The van der Waals surface area contributed by atoms with Gasteiger partial charge in [0.1, 0.15) is 28.1 Å². The number of amides is 2. The minimum absolute atomic E-state index is 0.0262. The zero-order valence-corrected chi connectivity index (χ0v) is 21.9. The van der Waals surface area contributed by atoms with Crippen LogP contribution in [0.3, 0.4) is 0 Å². The van der Waals surface area contributed by atoms with Crippen molar-refractivity contribution in [3.8, 4) is 0 Å². The van der Waals surface area contributed by atoms with Gasteiger partial charge in [0.15, 0.2) is 0 Å². The summed E-state index contributed by atoms with van der Waals surface area (Å²) >= 11 is 0.958.